The number of benzene rings is 1. The molecule has 6 heteroatoms. The van der Waals surface area contributed by atoms with Gasteiger partial charge in [0.05, 0.1) is 11.0 Å². The van der Waals surface area contributed by atoms with Crippen molar-refractivity contribution in [2.75, 3.05) is 31.1 Å². The number of hydrogen-bond acceptors (Lipinski definition) is 6. The summed E-state index contributed by atoms with van der Waals surface area (Å²) in [5, 5.41) is 0. The highest BCUT2D eigenvalue weighted by molar-refractivity contribution is 5.74. The molecule has 4 heterocycles. The summed E-state index contributed by atoms with van der Waals surface area (Å²) in [4.78, 5) is 23.0. The van der Waals surface area contributed by atoms with E-state index in [1.54, 1.807) is 12.4 Å². The number of likely N-dealkylation sites (tertiary alicyclic amines) is 1. The van der Waals surface area contributed by atoms with Gasteiger partial charge >= 0.3 is 0 Å². The Bertz CT molecular complexity index is 999. The Kier molecular flexibility index (Phi) is 4.23. The Morgan fingerprint density at radius 3 is 2.61 bits per heavy atom. The van der Waals surface area contributed by atoms with Gasteiger partial charge in [-0.3, -0.25) is 14.9 Å². The van der Waals surface area contributed by atoms with Crippen LogP contribution < -0.4 is 4.90 Å². The average Bonchev–Trinajstić information content (AvgIpc) is 3.28. The second kappa shape index (κ2) is 6.78. The predicted octanol–water partition coefficient (Wildman–Crippen LogP) is 3.14. The van der Waals surface area contributed by atoms with Gasteiger partial charge in [-0.25, -0.2) is 9.97 Å². The molecule has 1 atom stereocenters. The Morgan fingerprint density at radius 1 is 0.929 bits per heavy atom. The van der Waals surface area contributed by atoms with Crippen molar-refractivity contribution in [3.63, 3.8) is 0 Å². The molecule has 6 nitrogen and oxygen atoms in total. The van der Waals surface area contributed by atoms with Crippen LogP contribution in [0.15, 0.2) is 36.7 Å². The summed E-state index contributed by atoms with van der Waals surface area (Å²) < 4.78 is 0. The van der Waals surface area contributed by atoms with Crippen molar-refractivity contribution in [2.45, 2.75) is 33.2 Å². The summed E-state index contributed by atoms with van der Waals surface area (Å²) in [7, 11) is 0. The lowest BCUT2D eigenvalue weighted by molar-refractivity contribution is 0.270. The molecule has 28 heavy (non-hydrogen) atoms. The molecule has 2 fully saturated rings. The minimum atomic E-state index is 0.392. The van der Waals surface area contributed by atoms with E-state index in [4.69, 9.17) is 0 Å². The molecule has 0 saturated carbocycles. The van der Waals surface area contributed by atoms with Crippen LogP contribution in [0.3, 0.4) is 0 Å². The highest BCUT2D eigenvalue weighted by Gasteiger charge is 2.43. The first-order chi connectivity index (χ1) is 13.6. The van der Waals surface area contributed by atoms with Gasteiger partial charge < -0.3 is 4.90 Å². The Labute approximate surface area is 165 Å². The molecule has 1 aromatic carbocycles. The minimum absolute atomic E-state index is 0.392. The largest absolute Gasteiger partial charge is 0.356 e. The molecule has 0 radical (unpaired) electrons. The van der Waals surface area contributed by atoms with Crippen molar-refractivity contribution in [1.29, 1.82) is 0 Å². The summed E-state index contributed by atoms with van der Waals surface area (Å²) in [6.07, 6.45) is 6.02. The van der Waals surface area contributed by atoms with E-state index < -0.39 is 0 Å². The molecular formula is C22H26N6. The van der Waals surface area contributed by atoms with E-state index in [1.807, 2.05) is 6.92 Å². The van der Waals surface area contributed by atoms with Crippen LogP contribution in [0.4, 0.5) is 5.82 Å². The number of fused-ring (bicyclic) bond motifs is 1. The third-order valence-electron chi connectivity index (χ3n) is 6.17. The maximum Gasteiger partial charge on any atom is 0.132 e. The van der Waals surface area contributed by atoms with Crippen LogP contribution in [0.5, 0.6) is 0 Å². The summed E-state index contributed by atoms with van der Waals surface area (Å²) >= 11 is 0. The summed E-state index contributed by atoms with van der Waals surface area (Å²) in [6, 6.07) is 8.57. The van der Waals surface area contributed by atoms with Gasteiger partial charge in [0.2, 0.25) is 0 Å². The van der Waals surface area contributed by atoms with Crippen molar-refractivity contribution in [3.8, 4) is 0 Å². The predicted molar refractivity (Wildman–Crippen MR) is 110 cm³/mol. The minimum Gasteiger partial charge on any atom is -0.356 e. The zero-order valence-electron chi connectivity index (χ0n) is 16.6. The van der Waals surface area contributed by atoms with Crippen molar-refractivity contribution >= 4 is 16.9 Å². The van der Waals surface area contributed by atoms with Crippen LogP contribution in [0.25, 0.3) is 11.0 Å². The van der Waals surface area contributed by atoms with E-state index >= 15 is 0 Å². The van der Waals surface area contributed by atoms with Gasteiger partial charge in [0.1, 0.15) is 11.6 Å². The highest BCUT2D eigenvalue weighted by Crippen LogP contribution is 2.41. The summed E-state index contributed by atoms with van der Waals surface area (Å²) in [6.45, 7) is 9.53. The first-order valence-electron chi connectivity index (χ1n) is 10.1. The summed E-state index contributed by atoms with van der Waals surface area (Å²) in [5.74, 6) is 1.96. The topological polar surface area (TPSA) is 58.0 Å². The van der Waals surface area contributed by atoms with Crippen molar-refractivity contribution in [3.05, 3.63) is 53.7 Å². The SMILES string of the molecule is Cc1cc(N2CCC3(CCN(Cc4ccc5nccnc5c4)C3)C2)nc(C)n1. The molecule has 1 unspecified atom stereocenters. The molecule has 0 bridgehead atoms. The molecule has 2 aliphatic heterocycles. The smallest absolute Gasteiger partial charge is 0.132 e. The second-order valence-corrected chi connectivity index (χ2v) is 8.43. The first kappa shape index (κ1) is 17.5. The molecule has 2 aromatic heterocycles. The van der Waals surface area contributed by atoms with Gasteiger partial charge in [-0.1, -0.05) is 6.07 Å². The van der Waals surface area contributed by atoms with E-state index in [2.05, 4.69) is 60.9 Å². The zero-order chi connectivity index (χ0) is 19.1. The van der Waals surface area contributed by atoms with E-state index in [9.17, 15) is 0 Å². The Balaban J connectivity index is 1.27. The third-order valence-corrected chi connectivity index (χ3v) is 6.17. The lowest BCUT2D eigenvalue weighted by Gasteiger charge is -2.25. The maximum atomic E-state index is 4.67. The highest BCUT2D eigenvalue weighted by atomic mass is 15.3. The normalized spacial score (nSPS) is 22.6. The molecule has 3 aromatic rings. The quantitative estimate of drug-likeness (QED) is 0.702. The molecule has 144 valence electrons. The average molecular weight is 374 g/mol. The van der Waals surface area contributed by atoms with Gasteiger partial charge in [-0.15, -0.1) is 0 Å². The Hall–Kier alpha value is -2.60. The fraction of sp³-hybridized carbons (Fsp3) is 0.455. The number of aromatic nitrogens is 4. The van der Waals surface area contributed by atoms with Crippen molar-refractivity contribution in [2.24, 2.45) is 5.41 Å². The standard InChI is InChI=1S/C22H26N6/c1-16-11-21(26-17(2)25-16)28-10-6-22(15-28)5-9-27(14-22)13-18-3-4-19-20(12-18)24-8-7-23-19/h3-4,7-8,11-12H,5-6,9-10,13-15H2,1-2H3. The van der Waals surface area contributed by atoms with E-state index in [-0.39, 0.29) is 0 Å². The van der Waals surface area contributed by atoms with Gasteiger partial charge in [-0.2, -0.15) is 0 Å². The monoisotopic (exact) mass is 374 g/mol. The van der Waals surface area contributed by atoms with Gasteiger partial charge in [0.15, 0.2) is 0 Å². The molecule has 0 aliphatic carbocycles. The van der Waals surface area contributed by atoms with Gasteiger partial charge in [-0.05, 0) is 50.9 Å². The van der Waals surface area contributed by atoms with Gasteiger partial charge in [0, 0.05) is 55.7 Å². The number of hydrogen-bond donors (Lipinski definition) is 0. The van der Waals surface area contributed by atoms with Crippen molar-refractivity contribution < 1.29 is 0 Å². The van der Waals surface area contributed by atoms with Crippen LogP contribution in [-0.4, -0.2) is 51.0 Å². The number of nitrogens with zero attached hydrogens (tertiary/aromatic N) is 6. The van der Waals surface area contributed by atoms with Crippen LogP contribution >= 0.6 is 0 Å². The third kappa shape index (κ3) is 3.33. The lowest BCUT2D eigenvalue weighted by Crippen LogP contribution is -2.31. The fourth-order valence-corrected chi connectivity index (χ4v) is 4.85. The van der Waals surface area contributed by atoms with Crippen LogP contribution in [0.2, 0.25) is 0 Å². The zero-order valence-corrected chi connectivity index (χ0v) is 16.6. The van der Waals surface area contributed by atoms with Crippen LogP contribution in [0, 0.1) is 19.3 Å². The van der Waals surface area contributed by atoms with E-state index in [0.717, 1.165) is 61.1 Å². The molecular weight excluding hydrogens is 348 g/mol. The lowest BCUT2D eigenvalue weighted by atomic mass is 9.86. The number of aryl methyl sites for hydroxylation is 2. The van der Waals surface area contributed by atoms with Crippen molar-refractivity contribution in [1.82, 2.24) is 24.8 Å². The van der Waals surface area contributed by atoms with E-state index in [0.29, 0.717) is 5.41 Å². The van der Waals surface area contributed by atoms with E-state index in [1.165, 1.54) is 18.4 Å². The number of rotatable bonds is 3. The maximum absolute atomic E-state index is 4.67. The summed E-state index contributed by atoms with van der Waals surface area (Å²) in [5.41, 5.74) is 4.71. The fourth-order valence-electron chi connectivity index (χ4n) is 4.85. The Morgan fingerprint density at radius 2 is 1.75 bits per heavy atom. The molecule has 2 aliphatic rings. The second-order valence-electron chi connectivity index (χ2n) is 8.43. The van der Waals surface area contributed by atoms with Crippen LogP contribution in [-0.2, 0) is 6.54 Å². The first-order valence-corrected chi connectivity index (χ1v) is 10.1. The molecule has 0 N–H and O–H groups in total. The molecule has 2 saturated heterocycles. The molecule has 1 spiro atoms. The number of anilines is 1. The molecule has 0 amide bonds. The molecule has 5 rings (SSSR count). The van der Waals surface area contributed by atoms with Gasteiger partial charge in [0.25, 0.3) is 0 Å². The van der Waals surface area contributed by atoms with Crippen LogP contribution in [0.1, 0.15) is 29.9 Å².